The summed E-state index contributed by atoms with van der Waals surface area (Å²) in [4.78, 5) is 33.8. The second-order valence-corrected chi connectivity index (χ2v) is 11.3. The minimum atomic E-state index is -0.456. The van der Waals surface area contributed by atoms with Gasteiger partial charge >= 0.3 is 6.03 Å². The quantitative estimate of drug-likeness (QED) is 0.260. The van der Waals surface area contributed by atoms with Gasteiger partial charge < -0.3 is 20.4 Å². The fourth-order valence-corrected chi connectivity index (χ4v) is 6.43. The predicted molar refractivity (Wildman–Crippen MR) is 164 cm³/mol. The van der Waals surface area contributed by atoms with Crippen molar-refractivity contribution in [2.45, 2.75) is 50.9 Å². The van der Waals surface area contributed by atoms with Gasteiger partial charge in [0.15, 0.2) is 0 Å². The Kier molecular flexibility index (Phi) is 8.01. The van der Waals surface area contributed by atoms with E-state index in [1.54, 1.807) is 0 Å². The summed E-state index contributed by atoms with van der Waals surface area (Å²) in [7, 11) is 0. The Morgan fingerprint density at radius 3 is 2.27 bits per heavy atom. The van der Waals surface area contributed by atoms with Gasteiger partial charge in [-0.25, -0.2) is 4.79 Å². The second kappa shape index (κ2) is 12.1. The van der Waals surface area contributed by atoms with Gasteiger partial charge in [-0.1, -0.05) is 97.1 Å². The van der Waals surface area contributed by atoms with Crippen molar-refractivity contribution in [3.63, 3.8) is 0 Å². The molecule has 2 atom stereocenters. The standard InChI is InChI=1S/C35H38N4O2/c36-21-7-6-15-33-34(40)37(24-30-13-8-12-29-11-4-5-14-32(29)30)22-20-31-25-38(35(41)39(31)33)23-26-16-18-28(19-17-26)27-9-2-1-3-10-27/h1-5,8-14,16-19,31,33H,6-7,15,20-25,36H2/t31-,33-/m1/s1. The fraction of sp³-hybridized carbons (Fsp3) is 0.314. The lowest BCUT2D eigenvalue weighted by Crippen LogP contribution is -2.49. The van der Waals surface area contributed by atoms with Gasteiger partial charge in [0.05, 0.1) is 6.04 Å². The molecule has 2 aliphatic heterocycles. The Balaban J connectivity index is 1.20. The van der Waals surface area contributed by atoms with E-state index in [0.717, 1.165) is 36.0 Å². The molecular formula is C35H38N4O2. The van der Waals surface area contributed by atoms with Gasteiger partial charge in [0.1, 0.15) is 6.04 Å². The maximum absolute atomic E-state index is 14.1. The number of carbonyl (C=O) groups is 2. The molecule has 2 heterocycles. The van der Waals surface area contributed by atoms with Crippen LogP contribution in [0.25, 0.3) is 21.9 Å². The lowest BCUT2D eigenvalue weighted by Gasteiger charge is -2.31. The molecule has 0 unspecified atom stereocenters. The van der Waals surface area contributed by atoms with Crippen molar-refractivity contribution >= 4 is 22.7 Å². The Bertz CT molecular complexity index is 1500. The van der Waals surface area contributed by atoms with Crippen molar-refractivity contribution in [2.75, 3.05) is 19.6 Å². The van der Waals surface area contributed by atoms with E-state index in [9.17, 15) is 9.59 Å². The fourth-order valence-electron chi connectivity index (χ4n) is 6.43. The first-order valence-corrected chi connectivity index (χ1v) is 14.8. The maximum atomic E-state index is 14.1. The van der Waals surface area contributed by atoms with Crippen molar-refractivity contribution < 1.29 is 9.59 Å². The molecule has 2 aliphatic rings. The third-order valence-corrected chi connectivity index (χ3v) is 8.59. The van der Waals surface area contributed by atoms with Crippen LogP contribution in [-0.2, 0) is 17.9 Å². The highest BCUT2D eigenvalue weighted by Gasteiger charge is 2.46. The summed E-state index contributed by atoms with van der Waals surface area (Å²) >= 11 is 0. The van der Waals surface area contributed by atoms with E-state index in [1.807, 2.05) is 45.0 Å². The maximum Gasteiger partial charge on any atom is 0.321 e. The largest absolute Gasteiger partial charge is 0.336 e. The number of urea groups is 1. The summed E-state index contributed by atoms with van der Waals surface area (Å²) < 4.78 is 0. The molecule has 0 spiro atoms. The molecule has 4 aromatic carbocycles. The van der Waals surface area contributed by atoms with E-state index >= 15 is 0 Å². The van der Waals surface area contributed by atoms with E-state index in [1.165, 1.54) is 16.3 Å². The molecule has 2 N–H and O–H groups in total. The minimum Gasteiger partial charge on any atom is -0.336 e. The number of benzene rings is 4. The Hall–Kier alpha value is -4.16. The van der Waals surface area contributed by atoms with Crippen LogP contribution in [0.4, 0.5) is 4.79 Å². The van der Waals surface area contributed by atoms with Crippen molar-refractivity contribution in [3.05, 3.63) is 108 Å². The third-order valence-electron chi connectivity index (χ3n) is 8.59. The number of unbranched alkanes of at least 4 members (excludes halogenated alkanes) is 1. The van der Waals surface area contributed by atoms with Crippen LogP contribution in [0.2, 0.25) is 0 Å². The monoisotopic (exact) mass is 546 g/mol. The number of rotatable bonds is 9. The van der Waals surface area contributed by atoms with Crippen molar-refractivity contribution in [2.24, 2.45) is 5.73 Å². The molecule has 4 aromatic rings. The normalized spacial score (nSPS) is 19.1. The van der Waals surface area contributed by atoms with Gasteiger partial charge in [0, 0.05) is 26.2 Å². The van der Waals surface area contributed by atoms with Crippen LogP contribution in [0, 0.1) is 0 Å². The minimum absolute atomic E-state index is 0.0236. The van der Waals surface area contributed by atoms with Gasteiger partial charge in [0.2, 0.25) is 5.91 Å². The lowest BCUT2D eigenvalue weighted by atomic mass is 10.0. The zero-order valence-electron chi connectivity index (χ0n) is 23.5. The number of amides is 3. The number of fused-ring (bicyclic) bond motifs is 2. The van der Waals surface area contributed by atoms with Crippen LogP contribution in [0.3, 0.4) is 0 Å². The summed E-state index contributed by atoms with van der Waals surface area (Å²) in [5.74, 6) is 0.0554. The van der Waals surface area contributed by atoms with E-state index in [-0.39, 0.29) is 18.0 Å². The lowest BCUT2D eigenvalue weighted by molar-refractivity contribution is -0.135. The SMILES string of the molecule is NCCCC[C@@H]1C(=O)N(Cc2cccc3ccccc23)CC[C@@H]2CN(Cc3ccc(-c4ccccc4)cc3)C(=O)N21. The van der Waals surface area contributed by atoms with Crippen LogP contribution in [0.5, 0.6) is 0 Å². The van der Waals surface area contributed by atoms with Crippen molar-refractivity contribution in [1.29, 1.82) is 0 Å². The van der Waals surface area contributed by atoms with Crippen molar-refractivity contribution in [3.8, 4) is 11.1 Å². The molecule has 6 heteroatoms. The summed E-state index contributed by atoms with van der Waals surface area (Å²) in [5, 5.41) is 2.35. The zero-order valence-corrected chi connectivity index (χ0v) is 23.5. The highest BCUT2D eigenvalue weighted by atomic mass is 16.2. The summed E-state index contributed by atoms with van der Waals surface area (Å²) in [6, 6.07) is 32.9. The van der Waals surface area contributed by atoms with Crippen LogP contribution in [-0.4, -0.2) is 58.4 Å². The molecule has 0 saturated carbocycles. The van der Waals surface area contributed by atoms with Crippen LogP contribution < -0.4 is 5.73 Å². The molecule has 210 valence electrons. The molecule has 2 fully saturated rings. The van der Waals surface area contributed by atoms with Crippen LogP contribution in [0.1, 0.15) is 36.8 Å². The first kappa shape index (κ1) is 27.0. The average molecular weight is 547 g/mol. The number of nitrogens with two attached hydrogens (primary N) is 1. The molecular weight excluding hydrogens is 508 g/mol. The average Bonchev–Trinajstić information content (AvgIpc) is 3.25. The third kappa shape index (κ3) is 5.70. The Morgan fingerprint density at radius 1 is 0.732 bits per heavy atom. The summed E-state index contributed by atoms with van der Waals surface area (Å²) in [6.07, 6.45) is 3.09. The topological polar surface area (TPSA) is 69.9 Å². The zero-order chi connectivity index (χ0) is 28.2. The molecule has 0 aromatic heterocycles. The highest BCUT2D eigenvalue weighted by Crippen LogP contribution is 2.31. The Labute approximate surface area is 242 Å². The van der Waals surface area contributed by atoms with Gasteiger partial charge in [-0.3, -0.25) is 4.79 Å². The second-order valence-electron chi connectivity index (χ2n) is 11.3. The molecule has 3 amide bonds. The van der Waals surface area contributed by atoms with Crippen LogP contribution >= 0.6 is 0 Å². The van der Waals surface area contributed by atoms with E-state index < -0.39 is 6.04 Å². The predicted octanol–water partition coefficient (Wildman–Crippen LogP) is 6.04. The molecule has 0 bridgehead atoms. The number of hydrogen-bond donors (Lipinski definition) is 1. The smallest absolute Gasteiger partial charge is 0.321 e. The first-order valence-electron chi connectivity index (χ1n) is 14.8. The molecule has 2 saturated heterocycles. The molecule has 6 rings (SSSR count). The van der Waals surface area contributed by atoms with Crippen molar-refractivity contribution in [1.82, 2.24) is 14.7 Å². The molecule has 0 aliphatic carbocycles. The highest BCUT2D eigenvalue weighted by molar-refractivity contribution is 5.90. The number of carbonyl (C=O) groups excluding carboxylic acids is 2. The summed E-state index contributed by atoms with van der Waals surface area (Å²) in [5.41, 5.74) is 10.4. The molecule has 0 radical (unpaired) electrons. The van der Waals surface area contributed by atoms with Gasteiger partial charge in [-0.15, -0.1) is 0 Å². The van der Waals surface area contributed by atoms with Gasteiger partial charge in [-0.2, -0.15) is 0 Å². The Morgan fingerprint density at radius 2 is 1.46 bits per heavy atom. The van der Waals surface area contributed by atoms with Crippen LogP contribution in [0.15, 0.2) is 97.1 Å². The van der Waals surface area contributed by atoms with E-state index in [4.69, 9.17) is 5.73 Å². The number of hydrogen-bond acceptors (Lipinski definition) is 3. The molecule has 41 heavy (non-hydrogen) atoms. The van der Waals surface area contributed by atoms with E-state index in [0.29, 0.717) is 39.1 Å². The first-order chi connectivity index (χ1) is 20.1. The number of nitrogens with zero attached hydrogens (tertiary/aromatic N) is 3. The van der Waals surface area contributed by atoms with Gasteiger partial charge in [-0.05, 0) is 65.3 Å². The molecule has 6 nitrogen and oxygen atoms in total. The van der Waals surface area contributed by atoms with Gasteiger partial charge in [0.25, 0.3) is 0 Å². The summed E-state index contributed by atoms with van der Waals surface area (Å²) in [6.45, 7) is 2.97. The van der Waals surface area contributed by atoms with E-state index in [2.05, 4.69) is 66.7 Å².